The number of carbonyl (C=O) groups is 1. The summed E-state index contributed by atoms with van der Waals surface area (Å²) in [6.45, 7) is 0.366. The highest BCUT2D eigenvalue weighted by Gasteiger charge is 2.34. The lowest BCUT2D eigenvalue weighted by Gasteiger charge is -2.32. The van der Waals surface area contributed by atoms with Crippen molar-refractivity contribution in [2.45, 2.75) is 25.3 Å². The summed E-state index contributed by atoms with van der Waals surface area (Å²) in [5, 5.41) is 4.35. The van der Waals surface area contributed by atoms with Crippen LogP contribution >= 0.6 is 0 Å². The van der Waals surface area contributed by atoms with Gasteiger partial charge in [-0.3, -0.25) is 4.79 Å². The Morgan fingerprint density at radius 3 is 2.07 bits per heavy atom. The molecule has 142 valence electrons. The van der Waals surface area contributed by atoms with Gasteiger partial charge >= 0.3 is 0 Å². The first kappa shape index (κ1) is 19.3. The molecule has 6 nitrogen and oxygen atoms in total. The van der Waals surface area contributed by atoms with Gasteiger partial charge in [0.2, 0.25) is 10.0 Å². The number of hydrogen-bond donors (Lipinski definition) is 1. The molecule has 1 aliphatic heterocycles. The van der Waals surface area contributed by atoms with Gasteiger partial charge in [-0.05, 0) is 12.8 Å². The molecule has 0 unspecified atom stereocenters. The molecule has 1 aliphatic rings. The van der Waals surface area contributed by atoms with Crippen LogP contribution in [0.25, 0.3) is 0 Å². The average molecular weight is 385 g/mol. The summed E-state index contributed by atoms with van der Waals surface area (Å²) >= 11 is 0. The van der Waals surface area contributed by atoms with Gasteiger partial charge in [0, 0.05) is 17.7 Å². The second-order valence-corrected chi connectivity index (χ2v) is 8.49. The fourth-order valence-corrected chi connectivity index (χ4v) is 4.36. The Morgan fingerprint density at radius 1 is 1.00 bits per heavy atom. The van der Waals surface area contributed by atoms with Crippen LogP contribution in [0.5, 0.6) is 0 Å². The summed E-state index contributed by atoms with van der Waals surface area (Å²) in [4.78, 5) is 12.7. The molecule has 0 radical (unpaired) electrons. The highest BCUT2D eigenvalue weighted by Crippen LogP contribution is 2.20. The topological polar surface area (TPSA) is 78.8 Å². The van der Waals surface area contributed by atoms with Gasteiger partial charge in [-0.1, -0.05) is 67.1 Å². The minimum atomic E-state index is -3.44. The monoisotopic (exact) mass is 385 g/mol. The lowest BCUT2D eigenvalue weighted by molar-refractivity contribution is -0.125. The molecule has 7 heteroatoms. The van der Waals surface area contributed by atoms with Crippen LogP contribution in [0.1, 0.15) is 30.4 Å². The van der Waals surface area contributed by atoms with Gasteiger partial charge in [0.25, 0.3) is 5.91 Å². The maximum Gasteiger partial charge on any atom is 0.258 e. The molecule has 1 heterocycles. The standard InChI is InChI=1S/C20H23N3O3S/c1-27(25,26)23-15-9-8-14-18(23)20(24)22-21-19(16-10-4-2-5-11-16)17-12-6-3-7-13-17/h2-7,10-13,18H,8-9,14-15H2,1H3,(H,22,24)/t18-/m1/s1. The van der Waals surface area contributed by atoms with Crippen LogP contribution in [0, 0.1) is 0 Å². The molecule has 1 saturated heterocycles. The number of nitrogens with one attached hydrogen (secondary N) is 1. The molecule has 0 saturated carbocycles. The van der Waals surface area contributed by atoms with Crippen molar-refractivity contribution in [2.75, 3.05) is 12.8 Å². The molecule has 0 bridgehead atoms. The van der Waals surface area contributed by atoms with Gasteiger partial charge in [0.1, 0.15) is 6.04 Å². The quantitative estimate of drug-likeness (QED) is 0.634. The number of rotatable bonds is 5. The Kier molecular flexibility index (Phi) is 6.03. The third-order valence-corrected chi connectivity index (χ3v) is 5.84. The summed E-state index contributed by atoms with van der Waals surface area (Å²) in [6.07, 6.45) is 3.22. The molecule has 3 rings (SSSR count). The molecule has 0 spiro atoms. The molecule has 27 heavy (non-hydrogen) atoms. The van der Waals surface area contributed by atoms with Crippen LogP contribution in [0.2, 0.25) is 0 Å². The van der Waals surface area contributed by atoms with E-state index < -0.39 is 22.0 Å². The van der Waals surface area contributed by atoms with E-state index in [9.17, 15) is 13.2 Å². The van der Waals surface area contributed by atoms with Gasteiger partial charge < -0.3 is 0 Å². The molecule has 1 atom stereocenters. The maximum absolute atomic E-state index is 12.7. The van der Waals surface area contributed by atoms with E-state index in [0.29, 0.717) is 18.7 Å². The van der Waals surface area contributed by atoms with Gasteiger partial charge in [-0.15, -0.1) is 0 Å². The van der Waals surface area contributed by atoms with Crippen LogP contribution in [-0.2, 0) is 14.8 Å². The molecule has 2 aromatic carbocycles. The summed E-state index contributed by atoms with van der Waals surface area (Å²) in [6, 6.07) is 18.4. The van der Waals surface area contributed by atoms with E-state index >= 15 is 0 Å². The van der Waals surface area contributed by atoms with Crippen molar-refractivity contribution in [1.29, 1.82) is 0 Å². The second kappa shape index (κ2) is 8.45. The van der Waals surface area contributed by atoms with Crippen molar-refractivity contribution in [2.24, 2.45) is 5.10 Å². The van der Waals surface area contributed by atoms with Crippen LogP contribution in [0.15, 0.2) is 65.8 Å². The molecular formula is C20H23N3O3S. The SMILES string of the molecule is CS(=O)(=O)N1CCCC[C@@H]1C(=O)NN=C(c1ccccc1)c1ccccc1. The molecule has 0 aliphatic carbocycles. The van der Waals surface area contributed by atoms with Crippen LogP contribution in [0.4, 0.5) is 0 Å². The second-order valence-electron chi connectivity index (χ2n) is 6.55. The number of piperidine rings is 1. The van der Waals surface area contributed by atoms with E-state index in [-0.39, 0.29) is 0 Å². The van der Waals surface area contributed by atoms with E-state index in [1.807, 2.05) is 60.7 Å². The fourth-order valence-electron chi connectivity index (χ4n) is 3.24. The number of amides is 1. The highest BCUT2D eigenvalue weighted by atomic mass is 32.2. The predicted molar refractivity (Wildman–Crippen MR) is 106 cm³/mol. The average Bonchev–Trinajstić information content (AvgIpc) is 2.69. The van der Waals surface area contributed by atoms with Crippen molar-refractivity contribution in [1.82, 2.24) is 9.73 Å². The zero-order valence-electron chi connectivity index (χ0n) is 15.2. The maximum atomic E-state index is 12.7. The summed E-state index contributed by atoms with van der Waals surface area (Å²) in [5.41, 5.74) is 4.96. The smallest absolute Gasteiger partial charge is 0.258 e. The van der Waals surface area contributed by atoms with Crippen LogP contribution in [-0.4, -0.2) is 43.2 Å². The Bertz CT molecular complexity index is 871. The lowest BCUT2D eigenvalue weighted by atomic mass is 10.0. The number of benzene rings is 2. The lowest BCUT2D eigenvalue weighted by Crippen LogP contribution is -2.50. The third-order valence-electron chi connectivity index (χ3n) is 4.55. The Hall–Kier alpha value is -2.51. The van der Waals surface area contributed by atoms with Gasteiger partial charge in [-0.25, -0.2) is 13.8 Å². The number of hydrogen-bond acceptors (Lipinski definition) is 4. The number of hydrazone groups is 1. The number of sulfonamides is 1. The molecule has 1 amide bonds. The molecule has 1 N–H and O–H groups in total. The minimum absolute atomic E-state index is 0.366. The molecule has 0 aromatic heterocycles. The Morgan fingerprint density at radius 2 is 1.56 bits per heavy atom. The summed E-state index contributed by atoms with van der Waals surface area (Å²) in [5.74, 6) is -0.399. The van der Waals surface area contributed by atoms with Crippen LogP contribution in [0.3, 0.4) is 0 Å². The van der Waals surface area contributed by atoms with E-state index in [0.717, 1.165) is 30.2 Å². The van der Waals surface area contributed by atoms with E-state index in [1.54, 1.807) is 0 Å². The zero-order valence-corrected chi connectivity index (χ0v) is 16.0. The van der Waals surface area contributed by atoms with E-state index in [4.69, 9.17) is 0 Å². The van der Waals surface area contributed by atoms with Crippen molar-refractivity contribution >= 4 is 21.6 Å². The Labute approximate surface area is 159 Å². The Balaban J connectivity index is 1.87. The van der Waals surface area contributed by atoms with Crippen molar-refractivity contribution in [3.8, 4) is 0 Å². The summed E-state index contributed by atoms with van der Waals surface area (Å²) < 4.78 is 25.3. The largest absolute Gasteiger partial charge is 0.271 e. The van der Waals surface area contributed by atoms with Crippen molar-refractivity contribution in [3.05, 3.63) is 71.8 Å². The third kappa shape index (κ3) is 4.81. The van der Waals surface area contributed by atoms with Gasteiger partial charge in [0.05, 0.1) is 12.0 Å². The number of carbonyl (C=O) groups excluding carboxylic acids is 1. The van der Waals surface area contributed by atoms with Crippen molar-refractivity contribution < 1.29 is 13.2 Å². The van der Waals surface area contributed by atoms with E-state index in [2.05, 4.69) is 10.5 Å². The summed E-state index contributed by atoms with van der Waals surface area (Å²) in [7, 11) is -3.44. The van der Waals surface area contributed by atoms with E-state index in [1.165, 1.54) is 4.31 Å². The minimum Gasteiger partial charge on any atom is -0.271 e. The first-order valence-electron chi connectivity index (χ1n) is 8.92. The molecular weight excluding hydrogens is 362 g/mol. The molecule has 2 aromatic rings. The predicted octanol–water partition coefficient (Wildman–Crippen LogP) is 2.37. The first-order valence-corrected chi connectivity index (χ1v) is 10.8. The van der Waals surface area contributed by atoms with Gasteiger partial charge in [0.15, 0.2) is 0 Å². The normalized spacial score (nSPS) is 17.9. The first-order chi connectivity index (χ1) is 13.0. The van der Waals surface area contributed by atoms with Crippen molar-refractivity contribution in [3.63, 3.8) is 0 Å². The highest BCUT2D eigenvalue weighted by molar-refractivity contribution is 7.88. The number of nitrogens with zero attached hydrogens (tertiary/aromatic N) is 2. The van der Waals surface area contributed by atoms with Gasteiger partial charge in [-0.2, -0.15) is 9.41 Å². The van der Waals surface area contributed by atoms with Crippen LogP contribution < -0.4 is 5.43 Å². The molecule has 1 fully saturated rings. The fraction of sp³-hybridized carbons (Fsp3) is 0.300. The zero-order chi connectivity index (χ0) is 19.3.